The van der Waals surface area contributed by atoms with E-state index in [0.29, 0.717) is 40.6 Å². The first kappa shape index (κ1) is 37.0. The van der Waals surface area contributed by atoms with Gasteiger partial charge in [-0.25, -0.2) is 9.97 Å². The molecule has 0 radical (unpaired) electrons. The number of rotatable bonds is 7. The maximum atomic E-state index is 10.9. The van der Waals surface area contributed by atoms with E-state index in [0.717, 1.165) is 64.6 Å². The zero-order chi connectivity index (χ0) is 38.1. The quantitative estimate of drug-likeness (QED) is 0.160. The molecule has 8 aromatic rings. The minimum absolute atomic E-state index is 0. The average molecular weight is 928 g/mol. The van der Waals surface area contributed by atoms with Gasteiger partial charge in [-0.15, -0.1) is 23.8 Å². The number of aromatic nitrogens is 3. The van der Waals surface area contributed by atoms with Crippen molar-refractivity contribution in [3.05, 3.63) is 155 Å². The van der Waals surface area contributed by atoms with Crippen molar-refractivity contribution in [2.75, 3.05) is 0 Å². The summed E-state index contributed by atoms with van der Waals surface area (Å²) in [7, 11) is 0. The summed E-state index contributed by atoms with van der Waals surface area (Å²) in [6, 6.07) is 42.2. The number of pyridine rings is 3. The largest absolute Gasteiger partial charge is 0.507 e. The molecule has 2 aliphatic rings. The first-order chi connectivity index (χ1) is 27.2. The second-order valence-corrected chi connectivity index (χ2v) is 16.3. The van der Waals surface area contributed by atoms with Gasteiger partial charge in [0.15, 0.2) is 0 Å². The predicted octanol–water partition coefficient (Wildman–Crippen LogP) is 12.2. The Kier molecular flexibility index (Phi) is 9.36. The fraction of sp³-hybridized carbons (Fsp3) is 0.220. The topological polar surface area (TPSA) is 81.3 Å². The van der Waals surface area contributed by atoms with Crippen molar-refractivity contribution in [3.63, 3.8) is 0 Å². The maximum absolute atomic E-state index is 10.9. The molecule has 286 valence electrons. The summed E-state index contributed by atoms with van der Waals surface area (Å²) in [6.45, 7) is 8.87. The predicted molar refractivity (Wildman–Crippen MR) is 222 cm³/mol. The number of benzene rings is 4. The molecule has 0 fully saturated rings. The molecule has 10 rings (SSSR count). The summed E-state index contributed by atoms with van der Waals surface area (Å²) in [5.74, 6) is 1.55. The van der Waals surface area contributed by atoms with Crippen molar-refractivity contribution in [3.8, 4) is 51.2 Å². The first-order valence-electron chi connectivity index (χ1n) is 19.6. The van der Waals surface area contributed by atoms with E-state index in [1.54, 1.807) is 6.07 Å². The van der Waals surface area contributed by atoms with Crippen molar-refractivity contribution in [2.24, 2.45) is 5.41 Å². The summed E-state index contributed by atoms with van der Waals surface area (Å²) < 4.78 is 12.8. The molecular weight excluding hydrogens is 886 g/mol. The molecule has 0 aliphatic heterocycles. The smallest absolute Gasteiger partial charge is 0.222 e. The third-order valence-electron chi connectivity index (χ3n) is 11.8. The van der Waals surface area contributed by atoms with Gasteiger partial charge in [0.05, 0.1) is 11.3 Å². The second kappa shape index (κ2) is 14.4. The van der Waals surface area contributed by atoms with Crippen LogP contribution in [0.25, 0.3) is 55.7 Å². The Labute approximate surface area is 347 Å². The molecule has 0 atom stereocenters. The van der Waals surface area contributed by atoms with E-state index in [4.69, 9.17) is 24.1 Å². The molecule has 7 heteroatoms. The van der Waals surface area contributed by atoms with E-state index in [1.165, 1.54) is 33.4 Å². The Morgan fingerprint density at radius 1 is 0.667 bits per heavy atom. The number of hydrogen-bond acceptors (Lipinski definition) is 6. The maximum Gasteiger partial charge on any atom is 0.222 e. The van der Waals surface area contributed by atoms with Crippen molar-refractivity contribution >= 4 is 22.1 Å². The summed E-state index contributed by atoms with van der Waals surface area (Å²) in [5.41, 5.74) is 14.5. The number of aromatic hydroxyl groups is 1. The van der Waals surface area contributed by atoms with Crippen LogP contribution in [0.15, 0.2) is 120 Å². The molecule has 1 spiro atoms. The van der Waals surface area contributed by atoms with Gasteiger partial charge in [-0.05, 0) is 118 Å². The van der Waals surface area contributed by atoms with E-state index in [-0.39, 0.29) is 32.2 Å². The Morgan fingerprint density at radius 3 is 2.09 bits per heavy atom. The minimum Gasteiger partial charge on any atom is -0.507 e. The molecule has 4 heterocycles. The van der Waals surface area contributed by atoms with Gasteiger partial charge in [-0.1, -0.05) is 99.8 Å². The van der Waals surface area contributed by atoms with Crippen LogP contribution in [0, 0.1) is 11.5 Å². The van der Waals surface area contributed by atoms with E-state index < -0.39 is 0 Å². The standard InChI is InChI=1S/C50H42N3O3.Pt/c1-29(2)36-14-9-15-37(30(3)4)48(36)34-23-42(38-13-7-8-17-44(38)54)52-47(24-34)56-46-18-10-16-41(51-46)31-19-20-45-39(21-31)40-22-35-27-50(28-43(35)53-49(40)55-45)25-32-11-5-6-12-33(32)26-50;/h5-18,20-24,29-30,54H,25-28H2,1-4H3;/q-1;. The molecule has 0 saturated carbocycles. The van der Waals surface area contributed by atoms with Crippen LogP contribution >= 0.6 is 0 Å². The third kappa shape index (κ3) is 6.64. The number of ether oxygens (including phenoxy) is 1. The molecule has 1 N–H and O–H groups in total. The minimum atomic E-state index is 0. The van der Waals surface area contributed by atoms with Crippen LogP contribution in [0.5, 0.6) is 17.5 Å². The number of furan rings is 1. The Morgan fingerprint density at radius 2 is 1.35 bits per heavy atom. The number of hydrogen-bond donors (Lipinski definition) is 1. The van der Waals surface area contributed by atoms with Gasteiger partial charge >= 0.3 is 0 Å². The average Bonchev–Trinajstić information content (AvgIpc) is 3.86. The van der Waals surface area contributed by atoms with Crippen LogP contribution in [0.2, 0.25) is 0 Å². The summed E-state index contributed by atoms with van der Waals surface area (Å²) >= 11 is 0. The van der Waals surface area contributed by atoms with E-state index >= 15 is 0 Å². The number of nitrogens with zero attached hydrogens (tertiary/aromatic N) is 3. The molecule has 57 heavy (non-hydrogen) atoms. The second-order valence-electron chi connectivity index (χ2n) is 16.3. The third-order valence-corrected chi connectivity index (χ3v) is 11.8. The number of para-hydroxylation sites is 1. The Hall–Kier alpha value is -5.58. The van der Waals surface area contributed by atoms with Crippen LogP contribution in [0.1, 0.15) is 73.0 Å². The van der Waals surface area contributed by atoms with E-state index in [9.17, 15) is 5.11 Å². The first-order valence-corrected chi connectivity index (χ1v) is 19.6. The van der Waals surface area contributed by atoms with Crippen molar-refractivity contribution in [1.82, 2.24) is 15.0 Å². The number of fused-ring (bicyclic) bond motifs is 5. The van der Waals surface area contributed by atoms with Crippen LogP contribution in [0.4, 0.5) is 0 Å². The zero-order valence-electron chi connectivity index (χ0n) is 32.4. The number of phenolic OH excluding ortho intramolecular Hbond substituents is 1. The monoisotopic (exact) mass is 927 g/mol. The van der Waals surface area contributed by atoms with Crippen molar-refractivity contribution in [2.45, 2.75) is 65.2 Å². The fourth-order valence-electron chi connectivity index (χ4n) is 9.16. The van der Waals surface area contributed by atoms with E-state index in [2.05, 4.69) is 94.4 Å². The van der Waals surface area contributed by atoms with Crippen LogP contribution in [-0.4, -0.2) is 20.1 Å². The molecule has 4 aromatic carbocycles. The van der Waals surface area contributed by atoms with Crippen LogP contribution in [0.3, 0.4) is 0 Å². The SMILES string of the molecule is CC(C)c1cccc(C(C)C)c1-c1cc(Oc2cccc(-c3[c-]cc4oc5nc6c(cc5c4c3)CC3(Cc4ccccc4C3)C6)n2)nc(-c2ccccc2O)c1.[Pt]. The van der Waals surface area contributed by atoms with Gasteiger partial charge in [0, 0.05) is 43.8 Å². The summed E-state index contributed by atoms with van der Waals surface area (Å²) in [5, 5.41) is 12.9. The zero-order valence-corrected chi connectivity index (χ0v) is 34.6. The van der Waals surface area contributed by atoms with Gasteiger partial charge in [0.2, 0.25) is 17.5 Å². The summed E-state index contributed by atoms with van der Waals surface area (Å²) in [6.07, 6.45) is 4.21. The van der Waals surface area contributed by atoms with Crippen molar-refractivity contribution < 1.29 is 35.3 Å². The molecule has 0 unspecified atom stereocenters. The van der Waals surface area contributed by atoms with E-state index in [1.807, 2.05) is 48.5 Å². The van der Waals surface area contributed by atoms with Crippen LogP contribution < -0.4 is 4.74 Å². The van der Waals surface area contributed by atoms with Gasteiger partial charge < -0.3 is 14.3 Å². The van der Waals surface area contributed by atoms with Gasteiger partial charge in [-0.2, -0.15) is 0 Å². The Bertz CT molecular complexity index is 2790. The normalized spacial score (nSPS) is 14.1. The molecule has 6 nitrogen and oxygen atoms in total. The molecular formula is C50H42N3O3Pt-. The Balaban J connectivity index is 0.00000422. The molecule has 0 saturated heterocycles. The molecule has 0 amide bonds. The number of phenols is 1. The fourth-order valence-corrected chi connectivity index (χ4v) is 9.16. The summed E-state index contributed by atoms with van der Waals surface area (Å²) in [4.78, 5) is 15.0. The van der Waals surface area contributed by atoms with Crippen LogP contribution in [-0.2, 0) is 46.7 Å². The van der Waals surface area contributed by atoms with Gasteiger partial charge in [-0.3, -0.25) is 4.98 Å². The molecule has 0 bridgehead atoms. The van der Waals surface area contributed by atoms with Gasteiger partial charge in [0.1, 0.15) is 5.75 Å². The molecule has 4 aromatic heterocycles. The van der Waals surface area contributed by atoms with Crippen molar-refractivity contribution in [1.29, 1.82) is 0 Å². The van der Waals surface area contributed by atoms with Gasteiger partial charge in [0.25, 0.3) is 0 Å². The molecule has 2 aliphatic carbocycles.